The van der Waals surface area contributed by atoms with Crippen LogP contribution in [0.15, 0.2) is 10.2 Å². The SMILES string of the molecule is CCC(C#N)C(=O)C1(CC)N=NC(CC)C1=O. The van der Waals surface area contributed by atoms with E-state index in [0.29, 0.717) is 12.8 Å². The third-order valence-electron chi connectivity index (χ3n) is 3.26. The van der Waals surface area contributed by atoms with Gasteiger partial charge in [-0.3, -0.25) is 9.59 Å². The van der Waals surface area contributed by atoms with Gasteiger partial charge in [0.2, 0.25) is 5.54 Å². The number of azo groups is 1. The van der Waals surface area contributed by atoms with Gasteiger partial charge in [-0.05, 0) is 19.3 Å². The Hall–Kier alpha value is -1.57. The maximum atomic E-state index is 12.2. The molecule has 0 saturated heterocycles. The number of hydrogen-bond donors (Lipinski definition) is 0. The Morgan fingerprint density at radius 1 is 1.53 bits per heavy atom. The summed E-state index contributed by atoms with van der Waals surface area (Å²) < 4.78 is 0. The Balaban J connectivity index is 3.08. The fraction of sp³-hybridized carbons (Fsp3) is 0.750. The Morgan fingerprint density at radius 2 is 2.18 bits per heavy atom. The van der Waals surface area contributed by atoms with Crippen LogP contribution in [0.3, 0.4) is 0 Å². The number of carbonyl (C=O) groups excluding carboxylic acids is 2. The quantitative estimate of drug-likeness (QED) is 0.684. The standard InChI is InChI=1S/C12H17N3O2/c1-4-8(7-13)10(16)12(6-3)11(17)9(5-2)14-15-12/h8-9H,4-6H2,1-3H3. The summed E-state index contributed by atoms with van der Waals surface area (Å²) >= 11 is 0. The summed E-state index contributed by atoms with van der Waals surface area (Å²) in [6.45, 7) is 5.32. The van der Waals surface area contributed by atoms with E-state index < -0.39 is 23.3 Å². The number of rotatable bonds is 5. The normalized spacial score (nSPS) is 29.1. The van der Waals surface area contributed by atoms with Crippen LogP contribution < -0.4 is 0 Å². The molecule has 17 heavy (non-hydrogen) atoms. The zero-order valence-electron chi connectivity index (χ0n) is 10.4. The zero-order chi connectivity index (χ0) is 13.1. The third kappa shape index (κ3) is 1.99. The van der Waals surface area contributed by atoms with Crippen LogP contribution in [0.25, 0.3) is 0 Å². The van der Waals surface area contributed by atoms with Crippen molar-refractivity contribution in [3.05, 3.63) is 0 Å². The van der Waals surface area contributed by atoms with Gasteiger partial charge < -0.3 is 0 Å². The highest BCUT2D eigenvalue weighted by molar-refractivity contribution is 6.15. The van der Waals surface area contributed by atoms with Crippen molar-refractivity contribution in [2.45, 2.75) is 51.6 Å². The van der Waals surface area contributed by atoms with Crippen molar-refractivity contribution < 1.29 is 9.59 Å². The second kappa shape index (κ2) is 5.17. The molecule has 3 unspecified atom stereocenters. The highest BCUT2D eigenvalue weighted by atomic mass is 16.2. The molecule has 0 saturated carbocycles. The number of hydrogen-bond acceptors (Lipinski definition) is 5. The molecule has 0 bridgehead atoms. The van der Waals surface area contributed by atoms with E-state index in [-0.39, 0.29) is 12.2 Å². The maximum Gasteiger partial charge on any atom is 0.200 e. The third-order valence-corrected chi connectivity index (χ3v) is 3.26. The molecular weight excluding hydrogens is 218 g/mol. The molecule has 0 aromatic rings. The lowest BCUT2D eigenvalue weighted by Crippen LogP contribution is -2.47. The Morgan fingerprint density at radius 3 is 2.53 bits per heavy atom. The topological polar surface area (TPSA) is 82.7 Å². The van der Waals surface area contributed by atoms with Crippen molar-refractivity contribution in [3.63, 3.8) is 0 Å². The van der Waals surface area contributed by atoms with Crippen molar-refractivity contribution >= 4 is 11.6 Å². The van der Waals surface area contributed by atoms with E-state index in [1.807, 2.05) is 13.0 Å². The molecular formula is C12H17N3O2. The van der Waals surface area contributed by atoms with E-state index in [2.05, 4.69) is 10.2 Å². The summed E-state index contributed by atoms with van der Waals surface area (Å²) in [5.41, 5.74) is -1.39. The lowest BCUT2D eigenvalue weighted by Gasteiger charge is -2.22. The Bertz CT molecular complexity index is 397. The van der Waals surface area contributed by atoms with Gasteiger partial charge in [0.15, 0.2) is 11.6 Å². The molecule has 0 aliphatic carbocycles. The first-order chi connectivity index (χ1) is 8.07. The smallest absolute Gasteiger partial charge is 0.200 e. The van der Waals surface area contributed by atoms with Gasteiger partial charge in [0.1, 0.15) is 12.0 Å². The van der Waals surface area contributed by atoms with Crippen LogP contribution in [0.5, 0.6) is 0 Å². The number of nitriles is 1. The van der Waals surface area contributed by atoms with Crippen molar-refractivity contribution in [2.24, 2.45) is 16.1 Å². The van der Waals surface area contributed by atoms with Crippen LogP contribution in [0.4, 0.5) is 0 Å². The summed E-state index contributed by atoms with van der Waals surface area (Å²) in [5, 5.41) is 16.7. The van der Waals surface area contributed by atoms with E-state index in [4.69, 9.17) is 5.26 Å². The summed E-state index contributed by atoms with van der Waals surface area (Å²) in [6.07, 6.45) is 1.22. The van der Waals surface area contributed by atoms with E-state index in [1.54, 1.807) is 13.8 Å². The van der Waals surface area contributed by atoms with Gasteiger partial charge in [-0.1, -0.05) is 20.8 Å². The van der Waals surface area contributed by atoms with Gasteiger partial charge in [-0.2, -0.15) is 15.5 Å². The first-order valence-electron chi connectivity index (χ1n) is 5.97. The molecule has 5 nitrogen and oxygen atoms in total. The number of Topliss-reactive ketones (excluding diaryl/α,β-unsaturated/α-hetero) is 2. The zero-order valence-corrected chi connectivity index (χ0v) is 10.4. The van der Waals surface area contributed by atoms with Crippen LogP contribution in [0.2, 0.25) is 0 Å². The van der Waals surface area contributed by atoms with Crippen LogP contribution >= 0.6 is 0 Å². The van der Waals surface area contributed by atoms with Crippen LogP contribution in [-0.2, 0) is 9.59 Å². The fourth-order valence-electron chi connectivity index (χ4n) is 2.03. The predicted octanol–water partition coefficient (Wildman–Crippen LogP) is 2.07. The minimum absolute atomic E-state index is 0.249. The van der Waals surface area contributed by atoms with Gasteiger partial charge in [-0.25, -0.2) is 0 Å². The van der Waals surface area contributed by atoms with E-state index >= 15 is 0 Å². The van der Waals surface area contributed by atoms with E-state index in [0.717, 1.165) is 0 Å². The first-order valence-corrected chi connectivity index (χ1v) is 5.97. The van der Waals surface area contributed by atoms with Crippen molar-refractivity contribution in [1.29, 1.82) is 5.26 Å². The summed E-state index contributed by atoms with van der Waals surface area (Å²) in [7, 11) is 0. The minimum atomic E-state index is -1.39. The van der Waals surface area contributed by atoms with Gasteiger partial charge >= 0.3 is 0 Å². The van der Waals surface area contributed by atoms with Crippen molar-refractivity contribution in [2.75, 3.05) is 0 Å². The highest BCUT2D eigenvalue weighted by Crippen LogP contribution is 2.32. The molecule has 1 rings (SSSR count). The average Bonchev–Trinajstić information content (AvgIpc) is 2.68. The largest absolute Gasteiger partial charge is 0.295 e. The van der Waals surface area contributed by atoms with Gasteiger partial charge in [0.05, 0.1) is 6.07 Å². The molecule has 0 aromatic carbocycles. The maximum absolute atomic E-state index is 12.2. The van der Waals surface area contributed by atoms with Crippen LogP contribution in [0, 0.1) is 17.2 Å². The van der Waals surface area contributed by atoms with Gasteiger partial charge in [0, 0.05) is 0 Å². The van der Waals surface area contributed by atoms with Crippen LogP contribution in [-0.4, -0.2) is 23.1 Å². The molecule has 0 aromatic heterocycles. The van der Waals surface area contributed by atoms with Crippen molar-refractivity contribution in [3.8, 4) is 6.07 Å². The molecule has 0 fully saturated rings. The molecule has 1 heterocycles. The number of carbonyl (C=O) groups is 2. The average molecular weight is 235 g/mol. The monoisotopic (exact) mass is 235 g/mol. The Kier molecular flexibility index (Phi) is 4.11. The fourth-order valence-corrected chi connectivity index (χ4v) is 2.03. The summed E-state index contributed by atoms with van der Waals surface area (Å²) in [5.74, 6) is -1.41. The van der Waals surface area contributed by atoms with Gasteiger partial charge in [-0.15, -0.1) is 0 Å². The number of nitrogens with zero attached hydrogens (tertiary/aromatic N) is 3. The minimum Gasteiger partial charge on any atom is -0.295 e. The molecule has 5 heteroatoms. The molecule has 0 amide bonds. The highest BCUT2D eigenvalue weighted by Gasteiger charge is 2.52. The molecule has 1 aliphatic heterocycles. The predicted molar refractivity (Wildman–Crippen MR) is 61.4 cm³/mol. The second-order valence-electron chi connectivity index (χ2n) is 4.17. The van der Waals surface area contributed by atoms with E-state index in [1.165, 1.54) is 0 Å². The second-order valence-corrected chi connectivity index (χ2v) is 4.17. The molecule has 0 N–H and O–H groups in total. The Labute approximate surface area is 101 Å². The molecule has 0 radical (unpaired) electrons. The lowest BCUT2D eigenvalue weighted by atomic mass is 9.79. The van der Waals surface area contributed by atoms with Crippen LogP contribution in [0.1, 0.15) is 40.0 Å². The summed E-state index contributed by atoms with van der Waals surface area (Å²) in [4.78, 5) is 24.4. The number of ketones is 2. The molecule has 3 atom stereocenters. The molecule has 92 valence electrons. The summed E-state index contributed by atoms with van der Waals surface area (Å²) in [6, 6.07) is 1.42. The molecule has 1 aliphatic rings. The van der Waals surface area contributed by atoms with Gasteiger partial charge in [0.25, 0.3) is 0 Å². The first kappa shape index (κ1) is 13.5. The lowest BCUT2D eigenvalue weighted by molar-refractivity contribution is -0.135. The molecule has 0 spiro atoms. The van der Waals surface area contributed by atoms with E-state index in [9.17, 15) is 9.59 Å². The van der Waals surface area contributed by atoms with Crippen molar-refractivity contribution in [1.82, 2.24) is 0 Å².